The van der Waals surface area contributed by atoms with Gasteiger partial charge in [-0.05, 0) is 30.9 Å². The first-order chi connectivity index (χ1) is 13.7. The fourth-order valence-corrected chi connectivity index (χ4v) is 7.67. The third-order valence-corrected chi connectivity index (χ3v) is 10.2. The number of Topliss-reactive ketones (excluding diaryl/α,β-unsaturated/α-hetero) is 1. The number of methoxy groups -OCH3 is 1. The Bertz CT molecular complexity index is 820. The Morgan fingerprint density at radius 2 is 1.70 bits per heavy atom. The molecule has 2 bridgehead atoms. The summed E-state index contributed by atoms with van der Waals surface area (Å²) in [5.41, 5.74) is -5.40. The number of rotatable bonds is 1. The van der Waals surface area contributed by atoms with Gasteiger partial charge in [0.15, 0.2) is 5.78 Å². The lowest BCUT2D eigenvalue weighted by Crippen LogP contribution is -2.83. The van der Waals surface area contributed by atoms with Crippen LogP contribution in [0.4, 0.5) is 0 Å². The van der Waals surface area contributed by atoms with Crippen molar-refractivity contribution in [1.29, 1.82) is 0 Å². The van der Waals surface area contributed by atoms with Crippen LogP contribution in [0, 0.1) is 22.2 Å². The predicted octanol–water partition coefficient (Wildman–Crippen LogP) is 0.966. The number of aliphatic hydroxyl groups is 4. The van der Waals surface area contributed by atoms with Crippen LogP contribution in [0.15, 0.2) is 11.1 Å². The molecule has 0 amide bonds. The fourth-order valence-electron chi connectivity index (χ4n) is 7.67. The summed E-state index contributed by atoms with van der Waals surface area (Å²) in [5, 5.41) is 46.3. The van der Waals surface area contributed by atoms with E-state index in [1.54, 1.807) is 13.8 Å². The second-order valence-electron chi connectivity index (χ2n) is 10.9. The van der Waals surface area contributed by atoms with E-state index in [0.717, 1.165) is 0 Å². The van der Waals surface area contributed by atoms with Crippen LogP contribution < -0.4 is 0 Å². The molecular formula is C23H36O7. The Hall–Kier alpha value is -0.830. The molecule has 1 saturated heterocycles. The minimum absolute atomic E-state index is 0.0503. The molecular weight excluding hydrogens is 388 g/mol. The lowest BCUT2D eigenvalue weighted by atomic mass is 9.36. The first kappa shape index (κ1) is 22.4. The van der Waals surface area contributed by atoms with Gasteiger partial charge >= 0.3 is 0 Å². The first-order valence-corrected chi connectivity index (χ1v) is 10.9. The quantitative estimate of drug-likeness (QED) is 0.464. The van der Waals surface area contributed by atoms with Crippen LogP contribution >= 0.6 is 0 Å². The average molecular weight is 425 g/mol. The highest BCUT2D eigenvalue weighted by molar-refractivity contribution is 5.93. The molecule has 4 aliphatic rings. The van der Waals surface area contributed by atoms with E-state index < -0.39 is 63.6 Å². The van der Waals surface area contributed by atoms with Crippen molar-refractivity contribution < 1.29 is 34.7 Å². The van der Waals surface area contributed by atoms with Crippen molar-refractivity contribution in [2.75, 3.05) is 13.7 Å². The summed E-state index contributed by atoms with van der Waals surface area (Å²) in [5.74, 6) is -1.06. The highest BCUT2D eigenvalue weighted by Crippen LogP contribution is 2.70. The van der Waals surface area contributed by atoms with Gasteiger partial charge in [0, 0.05) is 30.8 Å². The maximum absolute atomic E-state index is 14.1. The van der Waals surface area contributed by atoms with E-state index in [-0.39, 0.29) is 13.0 Å². The Morgan fingerprint density at radius 1 is 1.10 bits per heavy atom. The molecule has 1 aliphatic heterocycles. The van der Waals surface area contributed by atoms with Crippen LogP contribution in [-0.2, 0) is 14.3 Å². The molecule has 9 atom stereocenters. The van der Waals surface area contributed by atoms with Crippen LogP contribution in [0.5, 0.6) is 0 Å². The van der Waals surface area contributed by atoms with Gasteiger partial charge in [-0.3, -0.25) is 4.79 Å². The van der Waals surface area contributed by atoms with Crippen molar-refractivity contribution in [3.63, 3.8) is 0 Å². The topological polar surface area (TPSA) is 116 Å². The Kier molecular flexibility index (Phi) is 4.58. The third-order valence-electron chi connectivity index (χ3n) is 10.2. The molecule has 0 radical (unpaired) electrons. The van der Waals surface area contributed by atoms with Crippen molar-refractivity contribution >= 4 is 5.78 Å². The Morgan fingerprint density at radius 3 is 2.20 bits per heavy atom. The maximum Gasteiger partial charge on any atom is 0.174 e. The van der Waals surface area contributed by atoms with Gasteiger partial charge in [-0.2, -0.15) is 0 Å². The van der Waals surface area contributed by atoms with Gasteiger partial charge in [0.2, 0.25) is 0 Å². The summed E-state index contributed by atoms with van der Waals surface area (Å²) < 4.78 is 11.5. The summed E-state index contributed by atoms with van der Waals surface area (Å²) in [4.78, 5) is 14.1. The standard InChI is InChI=1S/C23H36O7/c1-11-13(24)9-22(27)12(2)21(6)20(5,18(26)17(25)16(11)19(22,3)4)14(29-7)8-15-23(21,28)10-30-15/h12-15,17,24-25,27-28H,8-10H2,1-7H3/t12-,13?,14?,15?,17?,20-,21?,22?,23-/m0/s1. The summed E-state index contributed by atoms with van der Waals surface area (Å²) in [6.45, 7) is 10.8. The number of aliphatic hydroxyl groups excluding tert-OH is 2. The van der Waals surface area contributed by atoms with E-state index >= 15 is 0 Å². The number of carbonyl (C=O) groups is 1. The van der Waals surface area contributed by atoms with Crippen molar-refractivity contribution in [2.24, 2.45) is 22.2 Å². The minimum atomic E-state index is -1.52. The van der Waals surface area contributed by atoms with Crippen molar-refractivity contribution in [3.8, 4) is 0 Å². The number of ketones is 1. The molecule has 1 heterocycles. The number of hydrogen-bond acceptors (Lipinski definition) is 7. The van der Waals surface area contributed by atoms with E-state index in [9.17, 15) is 25.2 Å². The van der Waals surface area contributed by atoms with Gasteiger partial charge in [0.05, 0.1) is 35.9 Å². The van der Waals surface area contributed by atoms with Gasteiger partial charge < -0.3 is 29.9 Å². The molecule has 7 heteroatoms. The lowest BCUT2D eigenvalue weighted by molar-refractivity contribution is -0.373. The third kappa shape index (κ3) is 2.05. The predicted molar refractivity (Wildman–Crippen MR) is 109 cm³/mol. The molecule has 0 aromatic heterocycles. The smallest absolute Gasteiger partial charge is 0.174 e. The van der Waals surface area contributed by atoms with Crippen LogP contribution in [-0.4, -0.2) is 75.5 Å². The molecule has 0 aromatic rings. The van der Waals surface area contributed by atoms with Gasteiger partial charge in [-0.15, -0.1) is 0 Å². The van der Waals surface area contributed by atoms with Crippen LogP contribution in [0.1, 0.15) is 54.4 Å². The van der Waals surface area contributed by atoms with Crippen molar-refractivity contribution in [2.45, 2.75) is 90.0 Å². The largest absolute Gasteiger partial charge is 0.389 e. The molecule has 170 valence electrons. The minimum Gasteiger partial charge on any atom is -0.389 e. The van der Waals surface area contributed by atoms with Crippen molar-refractivity contribution in [3.05, 3.63) is 11.1 Å². The van der Waals surface area contributed by atoms with E-state index in [0.29, 0.717) is 17.6 Å². The summed E-state index contributed by atoms with van der Waals surface area (Å²) in [7, 11) is 1.52. The van der Waals surface area contributed by atoms with Crippen LogP contribution in [0.2, 0.25) is 0 Å². The molecule has 4 N–H and O–H groups in total. The van der Waals surface area contributed by atoms with E-state index in [1.807, 2.05) is 27.7 Å². The number of carbonyl (C=O) groups excluding carboxylic acids is 1. The molecule has 6 unspecified atom stereocenters. The highest BCUT2D eigenvalue weighted by Gasteiger charge is 2.79. The Balaban J connectivity index is 2.08. The fraction of sp³-hybridized carbons (Fsp3) is 0.870. The zero-order valence-corrected chi connectivity index (χ0v) is 19.0. The van der Waals surface area contributed by atoms with Gasteiger partial charge in [0.25, 0.3) is 0 Å². The summed E-state index contributed by atoms with van der Waals surface area (Å²) >= 11 is 0. The second kappa shape index (κ2) is 6.15. The Labute approximate surface area is 178 Å². The van der Waals surface area contributed by atoms with Crippen LogP contribution in [0.3, 0.4) is 0 Å². The molecule has 3 aliphatic carbocycles. The van der Waals surface area contributed by atoms with E-state index in [1.165, 1.54) is 7.11 Å². The van der Waals surface area contributed by atoms with Gasteiger partial charge in [-0.25, -0.2) is 0 Å². The first-order valence-electron chi connectivity index (χ1n) is 10.9. The molecule has 4 rings (SSSR count). The summed E-state index contributed by atoms with van der Waals surface area (Å²) in [6, 6.07) is 0. The normalized spacial score (nSPS) is 55.2. The lowest BCUT2D eigenvalue weighted by Gasteiger charge is -2.72. The van der Waals surface area contributed by atoms with E-state index in [4.69, 9.17) is 9.47 Å². The molecule has 2 saturated carbocycles. The molecule has 30 heavy (non-hydrogen) atoms. The molecule has 3 fully saturated rings. The number of hydrogen-bond donors (Lipinski definition) is 4. The molecule has 0 spiro atoms. The number of fused-ring (bicyclic) bond motifs is 5. The zero-order valence-electron chi connectivity index (χ0n) is 19.0. The highest BCUT2D eigenvalue weighted by atomic mass is 16.6. The second-order valence-corrected chi connectivity index (χ2v) is 10.9. The SMILES string of the molecule is COC1CC2OC[C@@]2(O)C2(C)[C@H](C)C3(O)CC(O)C(C)=C(C(O)C(=O)[C@]12C)C3(C)C. The molecule has 0 aromatic carbocycles. The average Bonchev–Trinajstić information content (AvgIpc) is 2.67. The van der Waals surface area contributed by atoms with Crippen molar-refractivity contribution in [1.82, 2.24) is 0 Å². The monoisotopic (exact) mass is 424 g/mol. The number of ether oxygens (including phenoxy) is 2. The van der Waals surface area contributed by atoms with Crippen LogP contribution in [0.25, 0.3) is 0 Å². The van der Waals surface area contributed by atoms with Gasteiger partial charge in [0.1, 0.15) is 11.7 Å². The summed E-state index contributed by atoms with van der Waals surface area (Å²) in [6.07, 6.45) is -3.24. The maximum atomic E-state index is 14.1. The van der Waals surface area contributed by atoms with E-state index in [2.05, 4.69) is 0 Å². The van der Waals surface area contributed by atoms with Gasteiger partial charge in [-0.1, -0.05) is 27.7 Å². The molecule has 7 nitrogen and oxygen atoms in total. The zero-order chi connectivity index (χ0) is 22.7.